The van der Waals surface area contributed by atoms with Gasteiger partial charge < -0.3 is 5.32 Å². The Bertz CT molecular complexity index is 327. The number of aryl methyl sites for hydroxylation is 1. The van der Waals surface area contributed by atoms with Crippen LogP contribution in [0.15, 0.2) is 5.38 Å². The van der Waals surface area contributed by atoms with Gasteiger partial charge in [0.05, 0.1) is 10.7 Å². The van der Waals surface area contributed by atoms with Crippen LogP contribution in [0.5, 0.6) is 0 Å². The molecule has 1 unspecified atom stereocenters. The van der Waals surface area contributed by atoms with E-state index < -0.39 is 0 Å². The standard InChI is InChI=1S/C14H24N2S/c1-11(2)8-13-10-17-14(16-13)6-5-12-4-3-7-15-9-12/h10-12,15H,3-9H2,1-2H3. The molecule has 2 nitrogen and oxygen atoms in total. The molecule has 2 heterocycles. The summed E-state index contributed by atoms with van der Waals surface area (Å²) in [6, 6.07) is 0. The lowest BCUT2D eigenvalue weighted by atomic mass is 9.95. The topological polar surface area (TPSA) is 24.9 Å². The predicted molar refractivity (Wildman–Crippen MR) is 74.6 cm³/mol. The summed E-state index contributed by atoms with van der Waals surface area (Å²) in [4.78, 5) is 4.73. The lowest BCUT2D eigenvalue weighted by Gasteiger charge is -2.22. The third-order valence-corrected chi connectivity index (χ3v) is 4.34. The molecule has 0 aliphatic carbocycles. The first-order valence-corrected chi connectivity index (χ1v) is 7.76. The number of piperidine rings is 1. The van der Waals surface area contributed by atoms with Crippen LogP contribution in [0.3, 0.4) is 0 Å². The summed E-state index contributed by atoms with van der Waals surface area (Å²) in [6.07, 6.45) is 6.36. The minimum absolute atomic E-state index is 0.715. The van der Waals surface area contributed by atoms with Gasteiger partial charge in [-0.25, -0.2) is 4.98 Å². The van der Waals surface area contributed by atoms with Gasteiger partial charge in [0.2, 0.25) is 0 Å². The number of nitrogens with zero attached hydrogens (tertiary/aromatic N) is 1. The molecule has 0 aromatic carbocycles. The van der Waals surface area contributed by atoms with Gasteiger partial charge in [-0.1, -0.05) is 13.8 Å². The fraction of sp³-hybridized carbons (Fsp3) is 0.786. The summed E-state index contributed by atoms with van der Waals surface area (Å²) < 4.78 is 0. The molecule has 0 radical (unpaired) electrons. The quantitative estimate of drug-likeness (QED) is 0.870. The summed E-state index contributed by atoms with van der Waals surface area (Å²) in [5.74, 6) is 1.59. The van der Waals surface area contributed by atoms with Crippen molar-refractivity contribution < 1.29 is 0 Å². The van der Waals surface area contributed by atoms with Gasteiger partial charge in [-0.3, -0.25) is 0 Å². The molecule has 1 aromatic rings. The molecule has 1 aliphatic heterocycles. The van der Waals surface area contributed by atoms with E-state index in [4.69, 9.17) is 4.98 Å². The molecule has 1 fully saturated rings. The van der Waals surface area contributed by atoms with Crippen LogP contribution in [0.2, 0.25) is 0 Å². The molecule has 1 N–H and O–H groups in total. The minimum atomic E-state index is 0.715. The second-order valence-electron chi connectivity index (χ2n) is 5.58. The first-order chi connectivity index (χ1) is 8.24. The van der Waals surface area contributed by atoms with E-state index in [1.807, 2.05) is 11.3 Å². The number of nitrogens with one attached hydrogen (secondary N) is 1. The van der Waals surface area contributed by atoms with Gasteiger partial charge in [-0.15, -0.1) is 11.3 Å². The van der Waals surface area contributed by atoms with Crippen LogP contribution < -0.4 is 5.32 Å². The van der Waals surface area contributed by atoms with E-state index >= 15 is 0 Å². The number of hydrogen-bond acceptors (Lipinski definition) is 3. The average molecular weight is 252 g/mol. The number of thiazole rings is 1. The smallest absolute Gasteiger partial charge is 0.0928 e. The van der Waals surface area contributed by atoms with Crippen LogP contribution >= 0.6 is 11.3 Å². The highest BCUT2D eigenvalue weighted by Gasteiger charge is 2.13. The van der Waals surface area contributed by atoms with Crippen LogP contribution in [0.4, 0.5) is 0 Å². The van der Waals surface area contributed by atoms with Gasteiger partial charge in [0.15, 0.2) is 0 Å². The van der Waals surface area contributed by atoms with Gasteiger partial charge in [-0.05, 0) is 57.0 Å². The highest BCUT2D eigenvalue weighted by atomic mass is 32.1. The van der Waals surface area contributed by atoms with Crippen molar-refractivity contribution in [3.8, 4) is 0 Å². The molecule has 0 saturated carbocycles. The normalized spacial score (nSPS) is 21.0. The molecule has 1 aromatic heterocycles. The lowest BCUT2D eigenvalue weighted by molar-refractivity contribution is 0.358. The van der Waals surface area contributed by atoms with E-state index in [1.165, 1.54) is 49.5 Å². The van der Waals surface area contributed by atoms with Gasteiger partial charge in [0.1, 0.15) is 0 Å². The highest BCUT2D eigenvalue weighted by molar-refractivity contribution is 7.09. The van der Waals surface area contributed by atoms with Crippen molar-refractivity contribution in [2.24, 2.45) is 11.8 Å². The molecule has 0 bridgehead atoms. The summed E-state index contributed by atoms with van der Waals surface area (Å²) in [5, 5.41) is 7.07. The molecule has 0 spiro atoms. The van der Waals surface area contributed by atoms with Crippen molar-refractivity contribution in [1.82, 2.24) is 10.3 Å². The third kappa shape index (κ3) is 4.40. The Morgan fingerprint density at radius 1 is 1.53 bits per heavy atom. The van der Waals surface area contributed by atoms with Crippen LogP contribution in [0, 0.1) is 11.8 Å². The van der Waals surface area contributed by atoms with Crippen molar-refractivity contribution in [1.29, 1.82) is 0 Å². The maximum atomic E-state index is 4.73. The van der Waals surface area contributed by atoms with Gasteiger partial charge in [-0.2, -0.15) is 0 Å². The van der Waals surface area contributed by atoms with Crippen LogP contribution in [-0.2, 0) is 12.8 Å². The molecule has 0 amide bonds. The zero-order valence-electron chi connectivity index (χ0n) is 11.0. The van der Waals surface area contributed by atoms with Crippen molar-refractivity contribution in [2.45, 2.75) is 46.0 Å². The first kappa shape index (κ1) is 13.0. The second-order valence-corrected chi connectivity index (χ2v) is 6.52. The van der Waals surface area contributed by atoms with E-state index in [0.29, 0.717) is 5.92 Å². The fourth-order valence-electron chi connectivity index (χ4n) is 2.47. The molecule has 1 aliphatic rings. The third-order valence-electron chi connectivity index (χ3n) is 3.38. The van der Waals surface area contributed by atoms with Crippen molar-refractivity contribution in [2.75, 3.05) is 13.1 Å². The maximum absolute atomic E-state index is 4.73. The van der Waals surface area contributed by atoms with Gasteiger partial charge in [0.25, 0.3) is 0 Å². The van der Waals surface area contributed by atoms with E-state index in [1.54, 1.807) is 0 Å². The van der Waals surface area contributed by atoms with Crippen molar-refractivity contribution in [3.05, 3.63) is 16.1 Å². The predicted octanol–water partition coefficient (Wildman–Crippen LogP) is 3.27. The molecular formula is C14H24N2S. The van der Waals surface area contributed by atoms with Crippen LogP contribution in [0.25, 0.3) is 0 Å². The number of aromatic nitrogens is 1. The molecule has 1 saturated heterocycles. The number of rotatable bonds is 5. The number of hydrogen-bond donors (Lipinski definition) is 1. The van der Waals surface area contributed by atoms with E-state index in [0.717, 1.165) is 12.3 Å². The molecular weight excluding hydrogens is 228 g/mol. The molecule has 17 heavy (non-hydrogen) atoms. The molecule has 2 rings (SSSR count). The molecule has 96 valence electrons. The largest absolute Gasteiger partial charge is 0.316 e. The van der Waals surface area contributed by atoms with Gasteiger partial charge >= 0.3 is 0 Å². The Hall–Kier alpha value is -0.410. The first-order valence-electron chi connectivity index (χ1n) is 6.88. The van der Waals surface area contributed by atoms with E-state index in [9.17, 15) is 0 Å². The zero-order valence-corrected chi connectivity index (χ0v) is 11.9. The minimum Gasteiger partial charge on any atom is -0.316 e. The Morgan fingerprint density at radius 2 is 2.41 bits per heavy atom. The highest BCUT2D eigenvalue weighted by Crippen LogP contribution is 2.20. The van der Waals surface area contributed by atoms with E-state index in [2.05, 4.69) is 24.5 Å². The second kappa shape index (κ2) is 6.50. The Balaban J connectivity index is 1.76. The summed E-state index contributed by atoms with van der Waals surface area (Å²) >= 11 is 1.85. The zero-order chi connectivity index (χ0) is 12.1. The molecule has 1 atom stereocenters. The maximum Gasteiger partial charge on any atom is 0.0928 e. The van der Waals surface area contributed by atoms with Gasteiger partial charge in [0, 0.05) is 5.38 Å². The van der Waals surface area contributed by atoms with E-state index in [-0.39, 0.29) is 0 Å². The fourth-order valence-corrected chi connectivity index (χ4v) is 3.30. The van der Waals surface area contributed by atoms with Crippen LogP contribution in [0.1, 0.15) is 43.8 Å². The van der Waals surface area contributed by atoms with Crippen molar-refractivity contribution >= 4 is 11.3 Å². The summed E-state index contributed by atoms with van der Waals surface area (Å²) in [6.45, 7) is 6.94. The average Bonchev–Trinajstić information content (AvgIpc) is 2.75. The molecule has 3 heteroatoms. The summed E-state index contributed by atoms with van der Waals surface area (Å²) in [7, 11) is 0. The Labute approximate surface area is 109 Å². The Kier molecular flexibility index (Phi) is 4.99. The van der Waals surface area contributed by atoms with Crippen LogP contribution in [-0.4, -0.2) is 18.1 Å². The Morgan fingerprint density at radius 3 is 3.12 bits per heavy atom. The lowest BCUT2D eigenvalue weighted by Crippen LogP contribution is -2.29. The monoisotopic (exact) mass is 252 g/mol. The van der Waals surface area contributed by atoms with Crippen molar-refractivity contribution in [3.63, 3.8) is 0 Å². The summed E-state index contributed by atoms with van der Waals surface area (Å²) in [5.41, 5.74) is 1.29. The SMILES string of the molecule is CC(C)Cc1csc(CCC2CCCNC2)n1.